The van der Waals surface area contributed by atoms with Crippen LogP contribution in [0.5, 0.6) is 0 Å². The van der Waals surface area contributed by atoms with Gasteiger partial charge in [-0.05, 0) is 6.92 Å². The fourth-order valence-corrected chi connectivity index (χ4v) is 0.385. The standard InChI is InChI=1S/C6H6.C2H6O.CH4O/c1-2-4-6-5-3-1;1-2-3;1-2/h1-6H;3H,2H2,1H3;2H,1H3. The Morgan fingerprint density at radius 3 is 1.00 bits per heavy atom. The summed E-state index contributed by atoms with van der Waals surface area (Å²) in [5.41, 5.74) is 0. The second-order valence-corrected chi connectivity index (χ2v) is 1.47. The average molecular weight is 156 g/mol. The monoisotopic (exact) mass is 156 g/mol. The lowest BCUT2D eigenvalue weighted by molar-refractivity contribution is 0.318. The molecule has 1 aromatic rings. The Balaban J connectivity index is 0. The van der Waals surface area contributed by atoms with Crippen LogP contribution in [-0.4, -0.2) is 23.9 Å². The van der Waals surface area contributed by atoms with Crippen LogP contribution in [0.3, 0.4) is 0 Å². The highest BCUT2D eigenvalue weighted by molar-refractivity contribution is 4.99. The lowest BCUT2D eigenvalue weighted by Crippen LogP contribution is -1.57. The molecule has 0 aromatic heterocycles. The molecule has 0 saturated carbocycles. The van der Waals surface area contributed by atoms with E-state index in [0.29, 0.717) is 0 Å². The molecule has 0 unspecified atom stereocenters. The van der Waals surface area contributed by atoms with Crippen LogP contribution in [0.4, 0.5) is 0 Å². The molecule has 2 N–H and O–H groups in total. The van der Waals surface area contributed by atoms with Gasteiger partial charge in [0.2, 0.25) is 0 Å². The van der Waals surface area contributed by atoms with Crippen LogP contribution in [0.2, 0.25) is 0 Å². The Bertz CT molecular complexity index is 90.4. The van der Waals surface area contributed by atoms with E-state index in [-0.39, 0.29) is 6.61 Å². The molecule has 0 radical (unpaired) electrons. The highest BCUT2D eigenvalue weighted by atomic mass is 16.2. The lowest BCUT2D eigenvalue weighted by atomic mass is 10.4. The molecule has 2 nitrogen and oxygen atoms in total. The van der Waals surface area contributed by atoms with Gasteiger partial charge >= 0.3 is 0 Å². The molecular formula is C9H16O2. The molecule has 0 saturated heterocycles. The molecule has 0 fully saturated rings. The SMILES string of the molecule is CCO.CO.c1ccccc1. The maximum Gasteiger partial charge on any atom is 0.0402 e. The molecule has 1 rings (SSSR count). The lowest BCUT2D eigenvalue weighted by Gasteiger charge is -1.69. The van der Waals surface area contributed by atoms with Gasteiger partial charge in [0, 0.05) is 13.7 Å². The van der Waals surface area contributed by atoms with Crippen LogP contribution < -0.4 is 0 Å². The quantitative estimate of drug-likeness (QED) is 0.594. The van der Waals surface area contributed by atoms with Crippen molar-refractivity contribution in [3.8, 4) is 0 Å². The third-order valence-corrected chi connectivity index (χ3v) is 0.667. The number of aliphatic hydroxyl groups is 2. The van der Waals surface area contributed by atoms with E-state index in [1.807, 2.05) is 36.4 Å². The van der Waals surface area contributed by atoms with E-state index in [1.54, 1.807) is 6.92 Å². The zero-order valence-electron chi connectivity index (χ0n) is 7.07. The van der Waals surface area contributed by atoms with Crippen molar-refractivity contribution < 1.29 is 10.2 Å². The van der Waals surface area contributed by atoms with Gasteiger partial charge in [-0.1, -0.05) is 36.4 Å². The van der Waals surface area contributed by atoms with Crippen LogP contribution in [-0.2, 0) is 0 Å². The van der Waals surface area contributed by atoms with Gasteiger partial charge in [-0.25, -0.2) is 0 Å². The predicted molar refractivity (Wildman–Crippen MR) is 47.3 cm³/mol. The van der Waals surface area contributed by atoms with Crippen LogP contribution in [0, 0.1) is 0 Å². The maximum absolute atomic E-state index is 7.57. The van der Waals surface area contributed by atoms with Crippen molar-refractivity contribution in [1.29, 1.82) is 0 Å². The Morgan fingerprint density at radius 2 is 0.909 bits per heavy atom. The molecule has 0 atom stereocenters. The second kappa shape index (κ2) is 16.1. The number of aliphatic hydroxyl groups excluding tert-OH is 2. The van der Waals surface area contributed by atoms with Gasteiger partial charge in [-0.2, -0.15) is 0 Å². The molecule has 0 aliphatic rings. The summed E-state index contributed by atoms with van der Waals surface area (Å²) in [6.45, 7) is 1.93. The topological polar surface area (TPSA) is 40.5 Å². The number of benzene rings is 1. The molecule has 0 amide bonds. The minimum atomic E-state index is 0.250. The summed E-state index contributed by atoms with van der Waals surface area (Å²) >= 11 is 0. The molecule has 64 valence electrons. The van der Waals surface area contributed by atoms with Crippen LogP contribution in [0.15, 0.2) is 36.4 Å². The van der Waals surface area contributed by atoms with Crippen molar-refractivity contribution in [2.45, 2.75) is 6.92 Å². The van der Waals surface area contributed by atoms with E-state index in [0.717, 1.165) is 7.11 Å². The van der Waals surface area contributed by atoms with E-state index < -0.39 is 0 Å². The zero-order valence-corrected chi connectivity index (χ0v) is 7.07. The Morgan fingerprint density at radius 1 is 0.818 bits per heavy atom. The predicted octanol–water partition coefficient (Wildman–Crippen LogP) is 1.29. The number of hydrogen-bond donors (Lipinski definition) is 2. The van der Waals surface area contributed by atoms with E-state index in [2.05, 4.69) is 0 Å². The highest BCUT2D eigenvalue weighted by Crippen LogP contribution is 1.79. The van der Waals surface area contributed by atoms with Crippen molar-refractivity contribution in [3.05, 3.63) is 36.4 Å². The third kappa shape index (κ3) is 17.6. The maximum atomic E-state index is 7.57. The van der Waals surface area contributed by atoms with Crippen LogP contribution in [0.1, 0.15) is 6.92 Å². The molecule has 1 aromatic carbocycles. The van der Waals surface area contributed by atoms with Crippen LogP contribution in [0.25, 0.3) is 0 Å². The van der Waals surface area contributed by atoms with Gasteiger partial charge in [0.15, 0.2) is 0 Å². The largest absolute Gasteiger partial charge is 0.400 e. The molecule has 2 heteroatoms. The van der Waals surface area contributed by atoms with Crippen molar-refractivity contribution in [3.63, 3.8) is 0 Å². The molecule has 11 heavy (non-hydrogen) atoms. The Labute approximate surface area is 68.1 Å². The summed E-state index contributed by atoms with van der Waals surface area (Å²) in [4.78, 5) is 0. The summed E-state index contributed by atoms with van der Waals surface area (Å²) in [5, 5.41) is 14.6. The summed E-state index contributed by atoms with van der Waals surface area (Å²) < 4.78 is 0. The van der Waals surface area contributed by atoms with Crippen LogP contribution >= 0.6 is 0 Å². The first-order valence-corrected chi connectivity index (χ1v) is 3.47. The summed E-state index contributed by atoms with van der Waals surface area (Å²) in [6.07, 6.45) is 0. The minimum Gasteiger partial charge on any atom is -0.400 e. The van der Waals surface area contributed by atoms with Gasteiger partial charge in [0.1, 0.15) is 0 Å². The van der Waals surface area contributed by atoms with Crippen molar-refractivity contribution in [2.24, 2.45) is 0 Å². The zero-order chi connectivity index (χ0) is 8.95. The fraction of sp³-hybridized carbons (Fsp3) is 0.333. The number of hydrogen-bond acceptors (Lipinski definition) is 2. The Hall–Kier alpha value is -0.860. The molecule has 0 aliphatic heterocycles. The van der Waals surface area contributed by atoms with Gasteiger partial charge in [0.25, 0.3) is 0 Å². The van der Waals surface area contributed by atoms with E-state index in [1.165, 1.54) is 0 Å². The first kappa shape index (κ1) is 12.8. The summed E-state index contributed by atoms with van der Waals surface area (Å²) in [5.74, 6) is 0. The van der Waals surface area contributed by atoms with Gasteiger partial charge in [-0.3, -0.25) is 0 Å². The molecule has 0 aliphatic carbocycles. The van der Waals surface area contributed by atoms with Crippen molar-refractivity contribution in [1.82, 2.24) is 0 Å². The molecular weight excluding hydrogens is 140 g/mol. The van der Waals surface area contributed by atoms with Gasteiger partial charge < -0.3 is 10.2 Å². The van der Waals surface area contributed by atoms with E-state index in [4.69, 9.17) is 10.2 Å². The highest BCUT2D eigenvalue weighted by Gasteiger charge is 1.57. The number of rotatable bonds is 0. The average Bonchev–Trinajstić information content (AvgIpc) is 2.12. The Kier molecular flexibility index (Phi) is 18.7. The van der Waals surface area contributed by atoms with Crippen molar-refractivity contribution >= 4 is 0 Å². The fourth-order valence-electron chi connectivity index (χ4n) is 0.385. The van der Waals surface area contributed by atoms with Crippen molar-refractivity contribution in [2.75, 3.05) is 13.7 Å². The normalized spacial score (nSPS) is 6.55. The first-order chi connectivity index (χ1) is 5.41. The second-order valence-electron chi connectivity index (χ2n) is 1.47. The molecule has 0 heterocycles. The third-order valence-electron chi connectivity index (χ3n) is 0.667. The summed E-state index contributed by atoms with van der Waals surface area (Å²) in [7, 11) is 1.00. The minimum absolute atomic E-state index is 0.250. The molecule has 0 bridgehead atoms. The van der Waals surface area contributed by atoms with Gasteiger partial charge in [-0.15, -0.1) is 0 Å². The molecule has 0 spiro atoms. The summed E-state index contributed by atoms with van der Waals surface area (Å²) in [6, 6.07) is 12.0. The van der Waals surface area contributed by atoms with E-state index in [9.17, 15) is 0 Å². The van der Waals surface area contributed by atoms with E-state index >= 15 is 0 Å². The van der Waals surface area contributed by atoms with Gasteiger partial charge in [0.05, 0.1) is 0 Å². The smallest absolute Gasteiger partial charge is 0.0402 e. The first-order valence-electron chi connectivity index (χ1n) is 3.47.